The molecule has 1 saturated heterocycles. The van der Waals surface area contributed by atoms with E-state index in [-0.39, 0.29) is 37.8 Å². The number of carbonyl (C=O) groups is 1. The van der Waals surface area contributed by atoms with Gasteiger partial charge in [-0.25, -0.2) is 12.8 Å². The standard InChI is InChI=1S/C19H14Cl3F3N2O3S3/c1-8-2-14(31-16(8)17(28)26-10-6-33(29,30)7-10)13-5-18(32-27-13,19(23,24)25)9-3-11(20)15(22)12(21)4-9/h2-4,10H,5-7H2,1H3,(H,26,28). The Hall–Kier alpha value is -0.980. The summed E-state index contributed by atoms with van der Waals surface area (Å²) >= 11 is 19.3. The summed E-state index contributed by atoms with van der Waals surface area (Å²) in [6, 6.07) is 3.41. The number of hydrogen-bond donors (Lipinski definition) is 1. The highest BCUT2D eigenvalue weighted by Crippen LogP contribution is 2.58. The van der Waals surface area contributed by atoms with Crippen molar-refractivity contribution in [2.75, 3.05) is 11.5 Å². The van der Waals surface area contributed by atoms with Crippen molar-refractivity contribution in [2.24, 2.45) is 4.40 Å². The van der Waals surface area contributed by atoms with Gasteiger partial charge in [0.15, 0.2) is 14.6 Å². The minimum atomic E-state index is -4.69. The average molecular weight is 578 g/mol. The SMILES string of the molecule is Cc1cc(C2=NSC(c3cc(Cl)c(Cl)c(Cl)c3)(C(F)(F)F)C2)sc1C(=O)NC1CS(=O)(=O)C1. The predicted molar refractivity (Wildman–Crippen MR) is 127 cm³/mol. The van der Waals surface area contributed by atoms with Gasteiger partial charge in [0.25, 0.3) is 5.91 Å². The summed E-state index contributed by atoms with van der Waals surface area (Å²) in [5.41, 5.74) is 0.568. The highest BCUT2D eigenvalue weighted by atomic mass is 35.5. The first-order chi connectivity index (χ1) is 15.2. The normalized spacial score (nSPS) is 22.7. The third-order valence-corrected chi connectivity index (χ3v) is 10.8. The topological polar surface area (TPSA) is 75.6 Å². The molecule has 1 aromatic carbocycles. The number of halogens is 6. The van der Waals surface area contributed by atoms with Crippen molar-refractivity contribution in [2.45, 2.75) is 30.3 Å². The van der Waals surface area contributed by atoms with Crippen LogP contribution in [-0.2, 0) is 14.6 Å². The van der Waals surface area contributed by atoms with Crippen molar-refractivity contribution < 1.29 is 26.4 Å². The van der Waals surface area contributed by atoms with Crippen LogP contribution in [0.2, 0.25) is 15.1 Å². The Labute approximate surface area is 210 Å². The van der Waals surface area contributed by atoms with E-state index in [9.17, 15) is 26.4 Å². The lowest BCUT2D eigenvalue weighted by molar-refractivity contribution is -0.159. The maximum Gasteiger partial charge on any atom is 0.409 e. The van der Waals surface area contributed by atoms with Crippen molar-refractivity contribution in [1.29, 1.82) is 0 Å². The van der Waals surface area contributed by atoms with Gasteiger partial charge in [0.05, 0.1) is 48.1 Å². The Morgan fingerprint density at radius 2 is 1.79 bits per heavy atom. The van der Waals surface area contributed by atoms with Crippen molar-refractivity contribution >= 4 is 79.5 Å². The van der Waals surface area contributed by atoms with Gasteiger partial charge in [-0.3, -0.25) is 4.79 Å². The van der Waals surface area contributed by atoms with Crippen LogP contribution in [-0.4, -0.2) is 43.8 Å². The van der Waals surface area contributed by atoms with Gasteiger partial charge in [0.2, 0.25) is 0 Å². The van der Waals surface area contributed by atoms with Crippen molar-refractivity contribution in [3.8, 4) is 0 Å². The highest BCUT2D eigenvalue weighted by molar-refractivity contribution is 7.99. The van der Waals surface area contributed by atoms with Gasteiger partial charge in [-0.15, -0.1) is 11.3 Å². The number of benzene rings is 1. The first-order valence-corrected chi connectivity index (χ1v) is 13.9. The molecule has 14 heteroatoms. The Kier molecular flexibility index (Phi) is 6.55. The number of carbonyl (C=O) groups excluding carboxylic acids is 1. The largest absolute Gasteiger partial charge is 0.409 e. The zero-order valence-electron chi connectivity index (χ0n) is 16.6. The molecule has 2 aromatic rings. The summed E-state index contributed by atoms with van der Waals surface area (Å²) in [6.07, 6.45) is -5.18. The van der Waals surface area contributed by atoms with E-state index >= 15 is 0 Å². The molecular formula is C19H14Cl3F3N2O3S3. The van der Waals surface area contributed by atoms with Crippen molar-refractivity contribution in [3.63, 3.8) is 0 Å². The van der Waals surface area contributed by atoms with E-state index in [2.05, 4.69) is 9.71 Å². The molecule has 2 aliphatic heterocycles. The Balaban J connectivity index is 1.60. The zero-order valence-corrected chi connectivity index (χ0v) is 21.3. The number of nitrogens with one attached hydrogen (secondary N) is 1. The fourth-order valence-corrected chi connectivity index (χ4v) is 7.54. The molecule has 0 radical (unpaired) electrons. The molecule has 3 heterocycles. The number of alkyl halides is 3. The number of rotatable bonds is 4. The van der Waals surface area contributed by atoms with Crippen LogP contribution < -0.4 is 5.32 Å². The van der Waals surface area contributed by atoms with Crippen LogP contribution in [0.5, 0.6) is 0 Å². The lowest BCUT2D eigenvalue weighted by atomic mass is 9.91. The second kappa shape index (κ2) is 8.60. The summed E-state index contributed by atoms with van der Waals surface area (Å²) in [7, 11) is -3.11. The molecule has 178 valence electrons. The van der Waals surface area contributed by atoms with Gasteiger partial charge in [-0.1, -0.05) is 34.8 Å². The fourth-order valence-electron chi connectivity index (χ4n) is 3.57. The first kappa shape index (κ1) is 25.1. The van der Waals surface area contributed by atoms with Crippen molar-refractivity contribution in [1.82, 2.24) is 5.32 Å². The van der Waals surface area contributed by atoms with Gasteiger partial charge >= 0.3 is 6.18 Å². The number of amides is 1. The summed E-state index contributed by atoms with van der Waals surface area (Å²) in [4.78, 5) is 13.3. The zero-order chi connectivity index (χ0) is 24.3. The van der Waals surface area contributed by atoms with E-state index in [0.29, 0.717) is 27.3 Å². The molecule has 0 aliphatic carbocycles. The van der Waals surface area contributed by atoms with Crippen molar-refractivity contribution in [3.05, 3.63) is 54.1 Å². The van der Waals surface area contributed by atoms with Gasteiger partial charge in [-0.2, -0.15) is 13.2 Å². The fraction of sp³-hybridized carbons (Fsp3) is 0.368. The van der Waals surface area contributed by atoms with Crippen LogP contribution >= 0.6 is 58.1 Å². The monoisotopic (exact) mass is 576 g/mol. The molecule has 1 fully saturated rings. The van der Waals surface area contributed by atoms with E-state index in [1.807, 2.05) is 0 Å². The average Bonchev–Trinajstić information content (AvgIpc) is 3.28. The summed E-state index contributed by atoms with van der Waals surface area (Å²) < 4.78 is 67.2. The Bertz CT molecular complexity index is 1260. The second-order valence-electron chi connectivity index (χ2n) is 7.75. The third kappa shape index (κ3) is 4.64. The van der Waals surface area contributed by atoms with Gasteiger partial charge < -0.3 is 5.32 Å². The summed E-state index contributed by atoms with van der Waals surface area (Å²) in [5, 5.41) is 2.41. The predicted octanol–water partition coefficient (Wildman–Crippen LogP) is 5.84. The second-order valence-corrected chi connectivity index (χ2v) is 13.2. The van der Waals surface area contributed by atoms with Gasteiger partial charge in [0, 0.05) is 6.42 Å². The van der Waals surface area contributed by atoms with Crippen LogP contribution in [0.15, 0.2) is 22.6 Å². The number of hydrogen-bond acceptors (Lipinski definition) is 6. The summed E-state index contributed by atoms with van der Waals surface area (Å²) in [5.74, 6) is -0.715. The Morgan fingerprint density at radius 3 is 2.33 bits per heavy atom. The number of sulfone groups is 1. The lowest BCUT2D eigenvalue weighted by Crippen LogP contribution is -2.52. The molecule has 4 rings (SSSR count). The van der Waals surface area contributed by atoms with E-state index in [1.54, 1.807) is 13.0 Å². The molecule has 5 nitrogen and oxygen atoms in total. The smallest absolute Gasteiger partial charge is 0.347 e. The molecule has 1 unspecified atom stereocenters. The van der Waals surface area contributed by atoms with E-state index < -0.39 is 39.1 Å². The molecule has 2 aliphatic rings. The van der Waals surface area contributed by atoms with Gasteiger partial charge in [-0.05, 0) is 48.2 Å². The van der Waals surface area contributed by atoms with Crippen LogP contribution in [0.3, 0.4) is 0 Å². The minimum Gasteiger partial charge on any atom is -0.347 e. The molecule has 33 heavy (non-hydrogen) atoms. The lowest BCUT2D eigenvalue weighted by Gasteiger charge is -2.30. The molecule has 1 aromatic heterocycles. The van der Waals surface area contributed by atoms with E-state index in [4.69, 9.17) is 34.8 Å². The number of nitrogens with zero attached hydrogens (tertiary/aromatic N) is 1. The van der Waals surface area contributed by atoms with E-state index in [1.165, 1.54) is 0 Å². The molecule has 1 N–H and O–H groups in total. The Morgan fingerprint density at radius 1 is 1.18 bits per heavy atom. The molecular weight excluding hydrogens is 564 g/mol. The molecule has 1 atom stereocenters. The minimum absolute atomic E-state index is 0.0349. The molecule has 0 saturated carbocycles. The molecule has 0 bridgehead atoms. The van der Waals surface area contributed by atoms with Crippen LogP contribution in [0.25, 0.3) is 0 Å². The van der Waals surface area contributed by atoms with E-state index in [0.717, 1.165) is 23.5 Å². The van der Waals surface area contributed by atoms with Crippen LogP contribution in [0, 0.1) is 6.92 Å². The third-order valence-electron chi connectivity index (χ3n) is 5.29. The number of aryl methyl sites for hydroxylation is 1. The van der Waals surface area contributed by atoms with Crippen LogP contribution in [0.4, 0.5) is 13.2 Å². The first-order valence-electron chi connectivity index (χ1n) is 9.31. The van der Waals surface area contributed by atoms with Gasteiger partial charge in [0.1, 0.15) is 0 Å². The summed E-state index contributed by atoms with van der Waals surface area (Å²) in [6.45, 7) is 1.66. The van der Waals surface area contributed by atoms with Crippen LogP contribution in [0.1, 0.15) is 32.1 Å². The molecule has 1 amide bonds. The quantitative estimate of drug-likeness (QED) is 0.366. The maximum atomic E-state index is 14.3. The maximum absolute atomic E-state index is 14.3. The highest BCUT2D eigenvalue weighted by Gasteiger charge is 2.60. The molecule has 0 spiro atoms. The number of thiophene rings is 1.